The van der Waals surface area contributed by atoms with Crippen LogP contribution in [-0.2, 0) is 18.4 Å². The zero-order valence-electron chi connectivity index (χ0n) is 10.6. The van der Waals surface area contributed by atoms with Crippen LogP contribution in [0.25, 0.3) is 0 Å². The van der Waals surface area contributed by atoms with Gasteiger partial charge in [-0.05, 0) is 24.5 Å². The maximum Gasteiger partial charge on any atom is 0.219 e. The molecule has 0 spiro atoms. The zero-order chi connectivity index (χ0) is 12.3. The van der Waals surface area contributed by atoms with E-state index < -0.39 is 0 Å². The molecule has 0 aromatic carbocycles. The van der Waals surface area contributed by atoms with Crippen LogP contribution in [0.5, 0.6) is 0 Å². The molecular weight excluding hydrogens is 214 g/mol. The van der Waals surface area contributed by atoms with E-state index >= 15 is 0 Å². The van der Waals surface area contributed by atoms with E-state index in [1.54, 1.807) is 6.92 Å². The Bertz CT molecular complexity index is 378. The first-order valence-electron chi connectivity index (χ1n) is 6.25. The van der Waals surface area contributed by atoms with Crippen molar-refractivity contribution in [2.24, 2.45) is 7.05 Å². The van der Waals surface area contributed by atoms with Gasteiger partial charge < -0.3 is 14.8 Å². The summed E-state index contributed by atoms with van der Waals surface area (Å²) in [5, 5.41) is 3.56. The third-order valence-electron chi connectivity index (χ3n) is 3.43. The predicted molar refractivity (Wildman–Crippen MR) is 67.5 cm³/mol. The first kappa shape index (κ1) is 12.2. The monoisotopic (exact) mass is 235 g/mol. The molecule has 1 aliphatic heterocycles. The zero-order valence-corrected chi connectivity index (χ0v) is 10.6. The molecule has 4 nitrogen and oxygen atoms in total. The Hall–Kier alpha value is -1.29. The number of piperidine rings is 1. The number of carbonyl (C=O) groups is 1. The lowest BCUT2D eigenvalue weighted by Gasteiger charge is -2.31. The van der Waals surface area contributed by atoms with E-state index in [4.69, 9.17) is 0 Å². The first-order chi connectivity index (χ1) is 8.15. The topological polar surface area (TPSA) is 37.3 Å². The fraction of sp³-hybridized carbons (Fsp3) is 0.615. The quantitative estimate of drug-likeness (QED) is 0.852. The van der Waals surface area contributed by atoms with Gasteiger partial charge in [0.15, 0.2) is 0 Å². The molecule has 0 radical (unpaired) electrons. The van der Waals surface area contributed by atoms with E-state index in [2.05, 4.69) is 28.3 Å². The molecule has 17 heavy (non-hydrogen) atoms. The number of hydrogen-bond acceptors (Lipinski definition) is 2. The second-order valence-corrected chi connectivity index (χ2v) is 4.85. The summed E-state index contributed by atoms with van der Waals surface area (Å²) >= 11 is 0. The van der Waals surface area contributed by atoms with Crippen molar-refractivity contribution >= 4 is 5.91 Å². The molecule has 1 amide bonds. The van der Waals surface area contributed by atoms with Crippen LogP contribution in [-0.4, -0.2) is 34.5 Å². The van der Waals surface area contributed by atoms with Gasteiger partial charge in [-0.1, -0.05) is 0 Å². The standard InChI is InChI=1S/C13H21N3O/c1-11(17)16-7-4-13(5-8-16)14-9-12-3-6-15(2)10-12/h3,6,10,13-14H,4-5,7-9H2,1-2H3. The second-order valence-electron chi connectivity index (χ2n) is 4.85. The van der Waals surface area contributed by atoms with E-state index in [9.17, 15) is 4.79 Å². The van der Waals surface area contributed by atoms with Crippen LogP contribution in [0.2, 0.25) is 0 Å². The number of nitrogens with one attached hydrogen (secondary N) is 1. The smallest absolute Gasteiger partial charge is 0.219 e. The van der Waals surface area contributed by atoms with Gasteiger partial charge in [0, 0.05) is 52.0 Å². The molecule has 94 valence electrons. The largest absolute Gasteiger partial charge is 0.357 e. The molecule has 1 fully saturated rings. The van der Waals surface area contributed by atoms with Crippen molar-refractivity contribution in [2.45, 2.75) is 32.4 Å². The number of likely N-dealkylation sites (tertiary alicyclic amines) is 1. The van der Waals surface area contributed by atoms with Crippen LogP contribution in [0.1, 0.15) is 25.3 Å². The van der Waals surface area contributed by atoms with Crippen molar-refractivity contribution in [2.75, 3.05) is 13.1 Å². The van der Waals surface area contributed by atoms with E-state index in [-0.39, 0.29) is 5.91 Å². The minimum Gasteiger partial charge on any atom is -0.357 e. The molecule has 1 N–H and O–H groups in total. The fourth-order valence-electron chi connectivity index (χ4n) is 2.33. The number of aromatic nitrogens is 1. The van der Waals surface area contributed by atoms with Crippen LogP contribution >= 0.6 is 0 Å². The van der Waals surface area contributed by atoms with E-state index in [0.717, 1.165) is 32.5 Å². The number of amides is 1. The van der Waals surface area contributed by atoms with E-state index in [0.29, 0.717) is 6.04 Å². The minimum absolute atomic E-state index is 0.200. The van der Waals surface area contributed by atoms with Crippen molar-refractivity contribution in [1.82, 2.24) is 14.8 Å². The van der Waals surface area contributed by atoms with Crippen molar-refractivity contribution in [1.29, 1.82) is 0 Å². The lowest BCUT2D eigenvalue weighted by molar-refractivity contribution is -0.129. The maximum absolute atomic E-state index is 11.2. The Morgan fingerprint density at radius 2 is 2.18 bits per heavy atom. The summed E-state index contributed by atoms with van der Waals surface area (Å²) in [6, 6.07) is 2.68. The van der Waals surface area contributed by atoms with Crippen LogP contribution in [0.3, 0.4) is 0 Å². The Morgan fingerprint density at radius 3 is 2.71 bits per heavy atom. The molecule has 0 saturated carbocycles. The number of nitrogens with zero attached hydrogens (tertiary/aromatic N) is 2. The lowest BCUT2D eigenvalue weighted by Crippen LogP contribution is -2.43. The number of rotatable bonds is 3. The molecule has 1 aromatic rings. The maximum atomic E-state index is 11.2. The van der Waals surface area contributed by atoms with Gasteiger partial charge in [0.1, 0.15) is 0 Å². The summed E-state index contributed by atoms with van der Waals surface area (Å²) in [4.78, 5) is 13.1. The van der Waals surface area contributed by atoms with Crippen LogP contribution in [0.15, 0.2) is 18.5 Å². The van der Waals surface area contributed by atoms with Crippen molar-refractivity contribution < 1.29 is 4.79 Å². The molecule has 2 heterocycles. The highest BCUT2D eigenvalue weighted by molar-refractivity contribution is 5.73. The number of hydrogen-bond donors (Lipinski definition) is 1. The Kier molecular flexibility index (Phi) is 3.84. The fourth-order valence-corrected chi connectivity index (χ4v) is 2.33. The number of aryl methyl sites for hydroxylation is 1. The minimum atomic E-state index is 0.200. The van der Waals surface area contributed by atoms with Gasteiger partial charge in [-0.2, -0.15) is 0 Å². The molecule has 0 unspecified atom stereocenters. The summed E-state index contributed by atoms with van der Waals surface area (Å²) < 4.78 is 2.06. The molecule has 0 aliphatic carbocycles. The van der Waals surface area contributed by atoms with Crippen molar-refractivity contribution in [3.05, 3.63) is 24.0 Å². The Balaban J connectivity index is 1.73. The third-order valence-corrected chi connectivity index (χ3v) is 3.43. The van der Waals surface area contributed by atoms with E-state index in [1.165, 1.54) is 5.56 Å². The summed E-state index contributed by atoms with van der Waals surface area (Å²) in [6.07, 6.45) is 6.33. The molecular formula is C13H21N3O. The first-order valence-corrected chi connectivity index (χ1v) is 6.25. The highest BCUT2D eigenvalue weighted by Gasteiger charge is 2.19. The Labute approximate surface area is 103 Å². The van der Waals surface area contributed by atoms with Crippen LogP contribution in [0.4, 0.5) is 0 Å². The summed E-state index contributed by atoms with van der Waals surface area (Å²) in [7, 11) is 2.04. The highest BCUT2D eigenvalue weighted by atomic mass is 16.2. The summed E-state index contributed by atoms with van der Waals surface area (Å²) in [6.45, 7) is 4.35. The van der Waals surface area contributed by atoms with Gasteiger partial charge in [-0.3, -0.25) is 4.79 Å². The molecule has 1 saturated heterocycles. The number of carbonyl (C=O) groups excluding carboxylic acids is 1. The van der Waals surface area contributed by atoms with Gasteiger partial charge in [-0.25, -0.2) is 0 Å². The van der Waals surface area contributed by atoms with Crippen molar-refractivity contribution in [3.63, 3.8) is 0 Å². The molecule has 2 rings (SSSR count). The van der Waals surface area contributed by atoms with Crippen molar-refractivity contribution in [3.8, 4) is 0 Å². The second kappa shape index (κ2) is 5.36. The van der Waals surface area contributed by atoms with Gasteiger partial charge in [0.2, 0.25) is 5.91 Å². The van der Waals surface area contributed by atoms with E-state index in [1.807, 2.05) is 11.9 Å². The summed E-state index contributed by atoms with van der Waals surface area (Å²) in [5.41, 5.74) is 1.32. The van der Waals surface area contributed by atoms with Gasteiger partial charge in [0.25, 0.3) is 0 Å². The summed E-state index contributed by atoms with van der Waals surface area (Å²) in [5.74, 6) is 0.200. The lowest BCUT2D eigenvalue weighted by atomic mass is 10.0. The van der Waals surface area contributed by atoms with Crippen LogP contribution in [0, 0.1) is 0 Å². The Morgan fingerprint density at radius 1 is 1.47 bits per heavy atom. The van der Waals surface area contributed by atoms with Gasteiger partial charge in [-0.15, -0.1) is 0 Å². The third kappa shape index (κ3) is 3.33. The van der Waals surface area contributed by atoms with Gasteiger partial charge in [0.05, 0.1) is 0 Å². The molecule has 1 aliphatic rings. The SMILES string of the molecule is CC(=O)N1CCC(NCc2ccn(C)c2)CC1. The van der Waals surface area contributed by atoms with Crippen LogP contribution < -0.4 is 5.32 Å². The molecule has 1 aromatic heterocycles. The van der Waals surface area contributed by atoms with Gasteiger partial charge >= 0.3 is 0 Å². The average Bonchev–Trinajstić information content (AvgIpc) is 2.73. The molecule has 0 bridgehead atoms. The molecule has 0 atom stereocenters. The average molecular weight is 235 g/mol. The predicted octanol–water partition coefficient (Wildman–Crippen LogP) is 1.13. The normalized spacial score (nSPS) is 17.4. The molecule has 4 heteroatoms. The highest BCUT2D eigenvalue weighted by Crippen LogP contribution is 2.11.